The lowest BCUT2D eigenvalue weighted by Crippen LogP contribution is -2.56. The normalized spacial score (nSPS) is 27.4. The predicted molar refractivity (Wildman–Crippen MR) is 92.0 cm³/mol. The van der Waals surface area contributed by atoms with Crippen molar-refractivity contribution in [2.45, 2.75) is 38.3 Å². The van der Waals surface area contributed by atoms with Crippen molar-refractivity contribution in [2.75, 3.05) is 13.7 Å². The molecule has 3 rings (SSSR count). The summed E-state index contributed by atoms with van der Waals surface area (Å²) in [5.41, 5.74) is 0.964. The third-order valence-corrected chi connectivity index (χ3v) is 5.09. The van der Waals surface area contributed by atoms with Gasteiger partial charge < -0.3 is 10.1 Å². The van der Waals surface area contributed by atoms with Gasteiger partial charge in [0.25, 0.3) is 0 Å². The van der Waals surface area contributed by atoms with Gasteiger partial charge in [-0.1, -0.05) is 31.4 Å². The van der Waals surface area contributed by atoms with Crippen molar-refractivity contribution in [1.29, 1.82) is 0 Å². The molecule has 3 unspecified atom stereocenters. The molecule has 3 atom stereocenters. The summed E-state index contributed by atoms with van der Waals surface area (Å²) < 4.78 is 5.20. The zero-order chi connectivity index (χ0) is 16.1. The van der Waals surface area contributed by atoms with Gasteiger partial charge in [0.2, 0.25) is 5.91 Å². The number of amides is 1. The maximum atomic E-state index is 12.2. The number of rotatable bonds is 4. The summed E-state index contributed by atoms with van der Waals surface area (Å²) in [5, 5.41) is 6.63. The minimum absolute atomic E-state index is 0.0310. The highest BCUT2D eigenvalue weighted by Crippen LogP contribution is 2.35. The van der Waals surface area contributed by atoms with E-state index in [9.17, 15) is 4.79 Å². The number of carbonyl (C=O) groups excluding carboxylic acids is 1. The molecule has 124 valence electrons. The number of hydrogen-bond acceptors (Lipinski definition) is 3. The van der Waals surface area contributed by atoms with Crippen LogP contribution in [0.25, 0.3) is 6.08 Å². The van der Waals surface area contributed by atoms with Gasteiger partial charge in [-0.15, -0.1) is 0 Å². The summed E-state index contributed by atoms with van der Waals surface area (Å²) >= 11 is 0. The van der Waals surface area contributed by atoms with Crippen LogP contribution in [0.15, 0.2) is 30.3 Å². The molecule has 2 fully saturated rings. The Morgan fingerprint density at radius 3 is 3.04 bits per heavy atom. The average molecular weight is 314 g/mol. The van der Waals surface area contributed by atoms with Crippen molar-refractivity contribution in [1.82, 2.24) is 10.6 Å². The molecule has 1 aromatic carbocycles. The number of benzene rings is 1. The first-order valence-electron chi connectivity index (χ1n) is 8.62. The van der Waals surface area contributed by atoms with Gasteiger partial charge in [-0.25, -0.2) is 0 Å². The highest BCUT2D eigenvalue weighted by Gasteiger charge is 2.35. The molecule has 1 amide bonds. The smallest absolute Gasteiger partial charge is 0.245 e. The maximum absolute atomic E-state index is 12.2. The molecular formula is C19H26N2O2. The minimum Gasteiger partial charge on any atom is -0.497 e. The molecule has 1 saturated carbocycles. The second-order valence-electron chi connectivity index (χ2n) is 6.55. The number of nitrogens with one attached hydrogen (secondary N) is 2. The fourth-order valence-electron chi connectivity index (χ4n) is 3.89. The van der Waals surface area contributed by atoms with Crippen LogP contribution in [-0.2, 0) is 4.79 Å². The molecule has 4 heteroatoms. The Bertz CT molecular complexity index is 568. The van der Waals surface area contributed by atoms with E-state index in [1.165, 1.54) is 32.1 Å². The van der Waals surface area contributed by atoms with E-state index >= 15 is 0 Å². The van der Waals surface area contributed by atoms with Gasteiger partial charge in [0.05, 0.1) is 13.3 Å². The zero-order valence-electron chi connectivity index (χ0n) is 13.8. The van der Waals surface area contributed by atoms with Gasteiger partial charge in [-0.2, -0.15) is 0 Å². The van der Waals surface area contributed by atoms with Crippen LogP contribution in [0, 0.1) is 11.8 Å². The average Bonchev–Trinajstić information content (AvgIpc) is 2.60. The zero-order valence-corrected chi connectivity index (χ0v) is 13.8. The Kier molecular flexibility index (Phi) is 5.34. The molecule has 2 N–H and O–H groups in total. The van der Waals surface area contributed by atoms with Crippen LogP contribution in [-0.4, -0.2) is 25.7 Å². The summed E-state index contributed by atoms with van der Waals surface area (Å²) in [5.74, 6) is 2.13. The fraction of sp³-hybridized carbons (Fsp3) is 0.526. The Balaban J connectivity index is 1.58. The van der Waals surface area contributed by atoms with Crippen molar-refractivity contribution in [3.63, 3.8) is 0 Å². The van der Waals surface area contributed by atoms with E-state index in [1.807, 2.05) is 30.3 Å². The van der Waals surface area contributed by atoms with Crippen LogP contribution in [0.1, 0.15) is 37.7 Å². The number of hydrogen-bond donors (Lipinski definition) is 2. The molecule has 23 heavy (non-hydrogen) atoms. The van der Waals surface area contributed by atoms with Crippen molar-refractivity contribution in [3.05, 3.63) is 35.9 Å². The molecule has 1 aromatic rings. The first kappa shape index (κ1) is 16.1. The minimum atomic E-state index is -0.0310. The Labute approximate surface area is 138 Å². The van der Waals surface area contributed by atoms with E-state index in [0.717, 1.165) is 23.8 Å². The van der Waals surface area contributed by atoms with Crippen LogP contribution >= 0.6 is 0 Å². The van der Waals surface area contributed by atoms with E-state index in [1.54, 1.807) is 13.2 Å². The molecule has 1 saturated heterocycles. The largest absolute Gasteiger partial charge is 0.497 e. The highest BCUT2D eigenvalue weighted by atomic mass is 16.5. The van der Waals surface area contributed by atoms with Gasteiger partial charge in [-0.05, 0) is 55.0 Å². The molecule has 0 bridgehead atoms. The van der Waals surface area contributed by atoms with Crippen LogP contribution in [0.4, 0.5) is 0 Å². The molecule has 2 aliphatic rings. The van der Waals surface area contributed by atoms with Crippen LogP contribution < -0.4 is 15.4 Å². The summed E-state index contributed by atoms with van der Waals surface area (Å²) in [6.45, 7) is 1.01. The van der Waals surface area contributed by atoms with Crippen LogP contribution in [0.5, 0.6) is 5.75 Å². The molecule has 1 aliphatic heterocycles. The first-order chi connectivity index (χ1) is 11.3. The SMILES string of the molecule is COc1cccc(/C=C/C(=O)NC2NCCC3CCCCC32)c1. The fourth-order valence-corrected chi connectivity index (χ4v) is 3.89. The monoisotopic (exact) mass is 314 g/mol. The molecule has 1 heterocycles. The quantitative estimate of drug-likeness (QED) is 0.840. The van der Waals surface area contributed by atoms with Crippen LogP contribution in [0.3, 0.4) is 0 Å². The van der Waals surface area contributed by atoms with Crippen molar-refractivity contribution >= 4 is 12.0 Å². The lowest BCUT2D eigenvalue weighted by atomic mass is 9.74. The Morgan fingerprint density at radius 2 is 2.17 bits per heavy atom. The number of ether oxygens (including phenoxy) is 1. The van der Waals surface area contributed by atoms with E-state index in [4.69, 9.17) is 4.74 Å². The molecule has 4 nitrogen and oxygen atoms in total. The van der Waals surface area contributed by atoms with E-state index in [-0.39, 0.29) is 12.1 Å². The van der Waals surface area contributed by atoms with Gasteiger partial charge in [0.1, 0.15) is 5.75 Å². The lowest BCUT2D eigenvalue weighted by Gasteiger charge is -2.42. The summed E-state index contributed by atoms with van der Waals surface area (Å²) in [4.78, 5) is 12.2. The molecule has 0 radical (unpaired) electrons. The standard InChI is InChI=1S/C19H26N2O2/c1-23-16-7-4-5-14(13-16)9-10-18(22)21-19-17-8-3-2-6-15(17)11-12-20-19/h4-5,7,9-10,13,15,17,19-20H,2-3,6,8,11-12H2,1H3,(H,21,22)/b10-9+. The number of carbonyl (C=O) groups is 1. The van der Waals surface area contributed by atoms with Crippen molar-refractivity contribution < 1.29 is 9.53 Å². The van der Waals surface area contributed by atoms with E-state index in [2.05, 4.69) is 10.6 Å². The van der Waals surface area contributed by atoms with Gasteiger partial charge in [0, 0.05) is 6.08 Å². The molecule has 1 aliphatic carbocycles. The summed E-state index contributed by atoms with van der Waals surface area (Å²) in [7, 11) is 1.64. The predicted octanol–water partition coefficient (Wildman–Crippen LogP) is 2.95. The topological polar surface area (TPSA) is 50.4 Å². The molecule has 0 spiro atoms. The number of methoxy groups -OCH3 is 1. The van der Waals surface area contributed by atoms with E-state index in [0.29, 0.717) is 5.92 Å². The third-order valence-electron chi connectivity index (χ3n) is 5.09. The maximum Gasteiger partial charge on any atom is 0.245 e. The second kappa shape index (κ2) is 7.64. The third kappa shape index (κ3) is 4.14. The molecular weight excluding hydrogens is 288 g/mol. The first-order valence-corrected chi connectivity index (χ1v) is 8.62. The second-order valence-corrected chi connectivity index (χ2v) is 6.55. The van der Waals surface area contributed by atoms with Crippen molar-refractivity contribution in [2.24, 2.45) is 11.8 Å². The van der Waals surface area contributed by atoms with Gasteiger partial charge >= 0.3 is 0 Å². The van der Waals surface area contributed by atoms with Gasteiger partial charge in [-0.3, -0.25) is 10.1 Å². The Hall–Kier alpha value is -1.81. The summed E-state index contributed by atoms with van der Waals surface area (Å²) in [6.07, 6.45) is 9.99. The lowest BCUT2D eigenvalue weighted by molar-refractivity contribution is -0.118. The van der Waals surface area contributed by atoms with Crippen molar-refractivity contribution in [3.8, 4) is 5.75 Å². The summed E-state index contributed by atoms with van der Waals surface area (Å²) in [6, 6.07) is 7.69. The molecule has 0 aromatic heterocycles. The highest BCUT2D eigenvalue weighted by molar-refractivity contribution is 5.91. The Morgan fingerprint density at radius 1 is 1.30 bits per heavy atom. The van der Waals surface area contributed by atoms with Crippen LogP contribution in [0.2, 0.25) is 0 Å². The number of fused-ring (bicyclic) bond motifs is 1. The van der Waals surface area contributed by atoms with E-state index < -0.39 is 0 Å². The van der Waals surface area contributed by atoms with Gasteiger partial charge in [0.15, 0.2) is 0 Å². The number of piperidine rings is 1.